The Morgan fingerprint density at radius 1 is 1.07 bits per heavy atom. The summed E-state index contributed by atoms with van der Waals surface area (Å²) in [5, 5.41) is 4.08. The first-order valence-electron chi connectivity index (χ1n) is 10.3. The molecule has 0 bridgehead atoms. The van der Waals surface area contributed by atoms with Crippen LogP contribution in [0.2, 0.25) is 0 Å². The molecular formula is C23H27N4O3+. The third kappa shape index (κ3) is 3.93. The van der Waals surface area contributed by atoms with Gasteiger partial charge in [0.2, 0.25) is 5.78 Å². The summed E-state index contributed by atoms with van der Waals surface area (Å²) >= 11 is 0. The van der Waals surface area contributed by atoms with E-state index < -0.39 is 0 Å². The van der Waals surface area contributed by atoms with Crippen LogP contribution in [0.4, 0.5) is 0 Å². The molecule has 1 aliphatic rings. The number of carbonyl (C=O) groups excluding carboxylic acids is 2. The Morgan fingerprint density at radius 3 is 2.40 bits per heavy atom. The zero-order valence-electron chi connectivity index (χ0n) is 17.6. The van der Waals surface area contributed by atoms with E-state index in [2.05, 4.69) is 5.16 Å². The normalized spacial score (nSPS) is 14.8. The number of nitrogens with zero attached hydrogens (tertiary/aromatic N) is 3. The zero-order valence-corrected chi connectivity index (χ0v) is 17.6. The molecule has 7 nitrogen and oxygen atoms in total. The maximum atomic E-state index is 13.0. The number of benzene rings is 1. The van der Waals surface area contributed by atoms with Crippen LogP contribution >= 0.6 is 0 Å². The van der Waals surface area contributed by atoms with Crippen molar-refractivity contribution in [3.8, 4) is 5.82 Å². The van der Waals surface area contributed by atoms with Crippen LogP contribution in [0.1, 0.15) is 37.9 Å². The summed E-state index contributed by atoms with van der Waals surface area (Å²) in [4.78, 5) is 28.7. The van der Waals surface area contributed by atoms with Gasteiger partial charge in [0, 0.05) is 28.6 Å². The van der Waals surface area contributed by atoms with Crippen molar-refractivity contribution in [1.82, 2.24) is 14.6 Å². The molecule has 1 saturated heterocycles. The Morgan fingerprint density at radius 2 is 1.77 bits per heavy atom. The fourth-order valence-electron chi connectivity index (χ4n) is 4.14. The van der Waals surface area contributed by atoms with Gasteiger partial charge in [-0.05, 0) is 39.0 Å². The Bertz CT molecular complexity index is 1060. The SMILES string of the molecule is Cc1cc(-n2c(C)cc(C(=O)C[NH+]3CCN(C(=O)c4ccccc4)CC3)c2C)no1. The van der Waals surface area contributed by atoms with E-state index in [1.165, 1.54) is 4.90 Å². The van der Waals surface area contributed by atoms with Gasteiger partial charge in [0.1, 0.15) is 12.3 Å². The molecule has 0 unspecified atom stereocenters. The number of rotatable bonds is 5. The largest absolute Gasteiger partial charge is 0.360 e. The van der Waals surface area contributed by atoms with E-state index in [9.17, 15) is 9.59 Å². The molecule has 2 aromatic heterocycles. The van der Waals surface area contributed by atoms with Gasteiger partial charge in [-0.3, -0.25) is 14.2 Å². The first-order chi connectivity index (χ1) is 14.4. The van der Waals surface area contributed by atoms with Crippen LogP contribution in [-0.2, 0) is 0 Å². The molecule has 30 heavy (non-hydrogen) atoms. The van der Waals surface area contributed by atoms with Crippen molar-refractivity contribution in [1.29, 1.82) is 0 Å². The number of carbonyl (C=O) groups is 2. The highest BCUT2D eigenvalue weighted by Gasteiger charge is 2.27. The number of hydrogen-bond acceptors (Lipinski definition) is 4. The maximum Gasteiger partial charge on any atom is 0.254 e. The molecule has 0 spiro atoms. The Kier molecular flexibility index (Phi) is 5.55. The standard InChI is InChI=1S/C23H26N4O3/c1-16-13-20(18(3)27(16)22-14-17(2)30-24-22)21(28)15-25-9-11-26(12-10-25)23(29)19-7-5-4-6-8-19/h4-8,13-14H,9-12,15H2,1-3H3/p+1. The fourth-order valence-corrected chi connectivity index (χ4v) is 4.14. The molecule has 4 rings (SSSR count). The lowest BCUT2D eigenvalue weighted by molar-refractivity contribution is -0.895. The highest BCUT2D eigenvalue weighted by molar-refractivity contribution is 5.98. The van der Waals surface area contributed by atoms with E-state index in [1.807, 2.05) is 72.7 Å². The summed E-state index contributed by atoms with van der Waals surface area (Å²) in [7, 11) is 0. The predicted octanol–water partition coefficient (Wildman–Crippen LogP) is 1.61. The molecule has 1 N–H and O–H groups in total. The van der Waals surface area contributed by atoms with Crippen LogP contribution < -0.4 is 4.90 Å². The lowest BCUT2D eigenvalue weighted by Crippen LogP contribution is -3.15. The first kappa shape index (κ1) is 20.1. The van der Waals surface area contributed by atoms with Crippen LogP contribution in [0, 0.1) is 20.8 Å². The zero-order chi connectivity index (χ0) is 21.3. The predicted molar refractivity (Wildman–Crippen MR) is 112 cm³/mol. The van der Waals surface area contributed by atoms with Crippen molar-refractivity contribution in [2.75, 3.05) is 32.7 Å². The number of aryl methyl sites for hydroxylation is 2. The number of amides is 1. The second-order valence-electron chi connectivity index (χ2n) is 7.92. The number of ketones is 1. The van der Waals surface area contributed by atoms with Gasteiger partial charge in [-0.1, -0.05) is 23.4 Å². The van der Waals surface area contributed by atoms with Gasteiger partial charge in [-0.25, -0.2) is 0 Å². The van der Waals surface area contributed by atoms with Crippen molar-refractivity contribution in [3.63, 3.8) is 0 Å². The van der Waals surface area contributed by atoms with E-state index in [-0.39, 0.29) is 11.7 Å². The molecular weight excluding hydrogens is 380 g/mol. The van der Waals surface area contributed by atoms with Crippen molar-refractivity contribution >= 4 is 11.7 Å². The van der Waals surface area contributed by atoms with Gasteiger partial charge in [0.15, 0.2) is 5.82 Å². The summed E-state index contributed by atoms with van der Waals surface area (Å²) in [5.41, 5.74) is 3.27. The van der Waals surface area contributed by atoms with Crippen molar-refractivity contribution in [2.45, 2.75) is 20.8 Å². The first-order valence-corrected chi connectivity index (χ1v) is 10.3. The molecule has 0 atom stereocenters. The third-order valence-electron chi connectivity index (χ3n) is 5.77. The second-order valence-corrected chi connectivity index (χ2v) is 7.92. The van der Waals surface area contributed by atoms with Gasteiger partial charge in [-0.2, -0.15) is 0 Å². The van der Waals surface area contributed by atoms with Crippen molar-refractivity contribution in [3.05, 3.63) is 70.7 Å². The van der Waals surface area contributed by atoms with E-state index in [0.717, 1.165) is 35.8 Å². The molecule has 156 valence electrons. The van der Waals surface area contributed by atoms with E-state index in [1.54, 1.807) is 0 Å². The van der Waals surface area contributed by atoms with Crippen LogP contribution in [0.15, 0.2) is 47.0 Å². The molecule has 1 fully saturated rings. The summed E-state index contributed by atoms with van der Waals surface area (Å²) in [6, 6.07) is 13.1. The Balaban J connectivity index is 1.39. The molecule has 3 aromatic rings. The smallest absolute Gasteiger partial charge is 0.254 e. The molecule has 3 heterocycles. The summed E-state index contributed by atoms with van der Waals surface area (Å²) in [5.74, 6) is 1.61. The lowest BCUT2D eigenvalue weighted by Gasteiger charge is -2.32. The monoisotopic (exact) mass is 407 g/mol. The lowest BCUT2D eigenvalue weighted by atomic mass is 10.1. The summed E-state index contributed by atoms with van der Waals surface area (Å²) in [6.45, 7) is 9.04. The Labute approximate surface area is 175 Å². The van der Waals surface area contributed by atoms with Crippen LogP contribution in [-0.4, -0.2) is 59.0 Å². The van der Waals surface area contributed by atoms with Gasteiger partial charge in [-0.15, -0.1) is 0 Å². The number of nitrogens with one attached hydrogen (secondary N) is 1. The molecule has 7 heteroatoms. The minimum Gasteiger partial charge on any atom is -0.360 e. The van der Waals surface area contributed by atoms with E-state index in [0.29, 0.717) is 31.0 Å². The topological polar surface area (TPSA) is 72.8 Å². The van der Waals surface area contributed by atoms with E-state index in [4.69, 9.17) is 4.52 Å². The minimum atomic E-state index is 0.0624. The van der Waals surface area contributed by atoms with Gasteiger partial charge >= 0.3 is 0 Å². The number of Topliss-reactive ketones (excluding diaryl/α,β-unsaturated/α-hetero) is 1. The molecule has 1 aromatic carbocycles. The highest BCUT2D eigenvalue weighted by atomic mass is 16.5. The van der Waals surface area contributed by atoms with Crippen molar-refractivity contribution < 1.29 is 19.0 Å². The summed E-state index contributed by atoms with van der Waals surface area (Å²) < 4.78 is 7.14. The van der Waals surface area contributed by atoms with Crippen LogP contribution in [0.25, 0.3) is 5.82 Å². The Hall–Kier alpha value is -3.19. The third-order valence-corrected chi connectivity index (χ3v) is 5.77. The minimum absolute atomic E-state index is 0.0624. The maximum absolute atomic E-state index is 13.0. The number of aromatic nitrogens is 2. The molecule has 1 aliphatic heterocycles. The van der Waals surface area contributed by atoms with Crippen LogP contribution in [0.5, 0.6) is 0 Å². The number of hydrogen-bond donors (Lipinski definition) is 1. The van der Waals surface area contributed by atoms with Gasteiger partial charge < -0.3 is 14.3 Å². The average Bonchev–Trinajstić information content (AvgIpc) is 3.30. The molecule has 0 aliphatic carbocycles. The molecule has 1 amide bonds. The number of quaternary nitrogens is 1. The van der Waals surface area contributed by atoms with Crippen LogP contribution in [0.3, 0.4) is 0 Å². The van der Waals surface area contributed by atoms with Crippen molar-refractivity contribution in [2.24, 2.45) is 0 Å². The highest BCUT2D eigenvalue weighted by Crippen LogP contribution is 2.20. The molecule has 0 radical (unpaired) electrons. The summed E-state index contributed by atoms with van der Waals surface area (Å²) in [6.07, 6.45) is 0. The average molecular weight is 407 g/mol. The second kappa shape index (κ2) is 8.28. The van der Waals surface area contributed by atoms with E-state index >= 15 is 0 Å². The quantitative estimate of drug-likeness (QED) is 0.653. The van der Waals surface area contributed by atoms with Gasteiger partial charge in [0.25, 0.3) is 5.91 Å². The number of piperazine rings is 1. The van der Waals surface area contributed by atoms with Gasteiger partial charge in [0.05, 0.1) is 26.2 Å². The molecule has 0 saturated carbocycles. The fraction of sp³-hybridized carbons (Fsp3) is 0.348.